The molecule has 0 heterocycles. The SMILES string of the molecule is NCC(=O)Nc1ccc2c(c1)C(=O)C(Cl)=C(Cl)C2=O. The van der Waals surface area contributed by atoms with Crippen molar-refractivity contribution in [3.63, 3.8) is 0 Å². The van der Waals surface area contributed by atoms with Crippen LogP contribution in [0, 0.1) is 0 Å². The zero-order valence-electron chi connectivity index (χ0n) is 9.50. The summed E-state index contributed by atoms with van der Waals surface area (Å²) in [7, 11) is 0. The minimum Gasteiger partial charge on any atom is -0.325 e. The molecule has 0 fully saturated rings. The number of nitrogens with two attached hydrogens (primary N) is 1. The van der Waals surface area contributed by atoms with E-state index in [9.17, 15) is 14.4 Å². The summed E-state index contributed by atoms with van der Waals surface area (Å²) in [6, 6.07) is 4.27. The first kappa shape index (κ1) is 13.7. The molecule has 0 unspecified atom stereocenters. The molecule has 2 rings (SSSR count). The van der Waals surface area contributed by atoms with Crippen molar-refractivity contribution in [2.24, 2.45) is 5.73 Å². The van der Waals surface area contributed by atoms with E-state index < -0.39 is 17.5 Å². The van der Waals surface area contributed by atoms with Gasteiger partial charge in [0.25, 0.3) is 0 Å². The van der Waals surface area contributed by atoms with Gasteiger partial charge in [0, 0.05) is 16.8 Å². The summed E-state index contributed by atoms with van der Waals surface area (Å²) in [5.41, 5.74) is 5.79. The maximum atomic E-state index is 11.9. The summed E-state index contributed by atoms with van der Waals surface area (Å²) in [6.07, 6.45) is 0. The van der Waals surface area contributed by atoms with Crippen molar-refractivity contribution in [2.75, 3.05) is 11.9 Å². The molecule has 0 spiro atoms. The van der Waals surface area contributed by atoms with Crippen LogP contribution in [0.1, 0.15) is 20.7 Å². The number of hydrogen-bond acceptors (Lipinski definition) is 4. The molecule has 0 aliphatic heterocycles. The number of anilines is 1. The summed E-state index contributed by atoms with van der Waals surface area (Å²) in [5, 5.41) is 1.87. The van der Waals surface area contributed by atoms with Crippen molar-refractivity contribution in [1.82, 2.24) is 0 Å². The summed E-state index contributed by atoms with van der Waals surface area (Å²) < 4.78 is 0. The standard InChI is InChI=1S/C12H8Cl2N2O3/c13-9-10(14)12(19)7-3-5(16-8(17)4-15)1-2-6(7)11(9)18/h1-3H,4,15H2,(H,16,17). The molecular weight excluding hydrogens is 291 g/mol. The van der Waals surface area contributed by atoms with Gasteiger partial charge in [-0.15, -0.1) is 0 Å². The van der Waals surface area contributed by atoms with Gasteiger partial charge < -0.3 is 11.1 Å². The van der Waals surface area contributed by atoms with E-state index in [0.29, 0.717) is 5.69 Å². The van der Waals surface area contributed by atoms with Crippen LogP contribution in [0.5, 0.6) is 0 Å². The second-order valence-corrected chi connectivity index (χ2v) is 4.55. The number of halogens is 2. The fourth-order valence-electron chi connectivity index (χ4n) is 1.66. The quantitative estimate of drug-likeness (QED) is 0.869. The lowest BCUT2D eigenvalue weighted by Crippen LogP contribution is -2.23. The highest BCUT2D eigenvalue weighted by atomic mass is 35.5. The van der Waals surface area contributed by atoms with E-state index in [4.69, 9.17) is 28.9 Å². The molecule has 0 atom stereocenters. The second-order valence-electron chi connectivity index (χ2n) is 3.80. The number of ketones is 2. The van der Waals surface area contributed by atoms with Crippen molar-refractivity contribution >= 4 is 46.4 Å². The third-order valence-corrected chi connectivity index (χ3v) is 3.39. The third kappa shape index (κ3) is 2.40. The van der Waals surface area contributed by atoms with Crippen LogP contribution in [0.15, 0.2) is 28.3 Å². The molecule has 1 aromatic rings. The number of nitrogens with one attached hydrogen (secondary N) is 1. The molecule has 7 heteroatoms. The Hall–Kier alpha value is -1.69. The minimum absolute atomic E-state index is 0.106. The van der Waals surface area contributed by atoms with Crippen molar-refractivity contribution in [2.45, 2.75) is 0 Å². The number of fused-ring (bicyclic) bond motifs is 1. The molecule has 3 N–H and O–H groups in total. The first-order valence-electron chi connectivity index (χ1n) is 5.24. The average molecular weight is 299 g/mol. The fraction of sp³-hybridized carbons (Fsp3) is 0.0833. The number of hydrogen-bond donors (Lipinski definition) is 2. The van der Waals surface area contributed by atoms with E-state index in [2.05, 4.69) is 5.32 Å². The van der Waals surface area contributed by atoms with Gasteiger partial charge in [-0.2, -0.15) is 0 Å². The van der Waals surface area contributed by atoms with E-state index in [1.807, 2.05) is 0 Å². The van der Waals surface area contributed by atoms with Gasteiger partial charge in [-0.1, -0.05) is 23.2 Å². The van der Waals surface area contributed by atoms with Crippen LogP contribution in [-0.4, -0.2) is 24.0 Å². The van der Waals surface area contributed by atoms with E-state index in [1.54, 1.807) is 0 Å². The molecule has 0 aromatic heterocycles. The highest BCUT2D eigenvalue weighted by molar-refractivity contribution is 6.59. The first-order chi connectivity index (χ1) is 8.95. The Morgan fingerprint density at radius 1 is 1.11 bits per heavy atom. The molecule has 5 nitrogen and oxygen atoms in total. The van der Waals surface area contributed by atoms with Gasteiger partial charge in [-0.25, -0.2) is 0 Å². The molecule has 19 heavy (non-hydrogen) atoms. The number of carbonyl (C=O) groups is 3. The van der Waals surface area contributed by atoms with Crippen molar-refractivity contribution < 1.29 is 14.4 Å². The van der Waals surface area contributed by atoms with Crippen LogP contribution in [0.3, 0.4) is 0 Å². The lowest BCUT2D eigenvalue weighted by Gasteiger charge is -2.15. The van der Waals surface area contributed by atoms with Gasteiger partial charge in [0.05, 0.1) is 6.54 Å². The normalized spacial score (nSPS) is 14.5. The van der Waals surface area contributed by atoms with E-state index >= 15 is 0 Å². The Morgan fingerprint density at radius 3 is 2.26 bits per heavy atom. The lowest BCUT2D eigenvalue weighted by atomic mass is 9.94. The number of benzene rings is 1. The van der Waals surface area contributed by atoms with Gasteiger partial charge in [0.2, 0.25) is 17.5 Å². The monoisotopic (exact) mass is 298 g/mol. The summed E-state index contributed by atoms with van der Waals surface area (Å²) >= 11 is 11.4. The molecule has 1 aliphatic carbocycles. The fourth-order valence-corrected chi connectivity index (χ4v) is 2.03. The lowest BCUT2D eigenvalue weighted by molar-refractivity contribution is -0.114. The van der Waals surface area contributed by atoms with Crippen LogP contribution in [0.2, 0.25) is 0 Å². The van der Waals surface area contributed by atoms with Crippen molar-refractivity contribution in [1.29, 1.82) is 0 Å². The Balaban J connectivity index is 2.46. The van der Waals surface area contributed by atoms with Crippen molar-refractivity contribution in [3.8, 4) is 0 Å². The van der Waals surface area contributed by atoms with Crippen LogP contribution in [0.25, 0.3) is 0 Å². The van der Waals surface area contributed by atoms with Crippen LogP contribution in [0.4, 0.5) is 5.69 Å². The highest BCUT2D eigenvalue weighted by Gasteiger charge is 2.30. The minimum atomic E-state index is -0.551. The predicted molar refractivity (Wildman–Crippen MR) is 71.5 cm³/mol. The molecule has 0 radical (unpaired) electrons. The number of Topliss-reactive ketones (excluding diaryl/α,β-unsaturated/α-hetero) is 2. The van der Waals surface area contributed by atoms with Crippen LogP contribution in [-0.2, 0) is 4.79 Å². The van der Waals surface area contributed by atoms with Gasteiger partial charge in [-0.05, 0) is 18.2 Å². The Kier molecular flexibility index (Phi) is 3.71. The largest absolute Gasteiger partial charge is 0.325 e. The van der Waals surface area contributed by atoms with E-state index in [1.165, 1.54) is 18.2 Å². The maximum Gasteiger partial charge on any atom is 0.238 e. The van der Waals surface area contributed by atoms with Gasteiger partial charge in [-0.3, -0.25) is 14.4 Å². The van der Waals surface area contributed by atoms with E-state index in [0.717, 1.165) is 0 Å². The predicted octanol–water partition coefficient (Wildman–Crippen LogP) is 1.65. The van der Waals surface area contributed by atoms with Gasteiger partial charge in [0.15, 0.2) is 0 Å². The summed E-state index contributed by atoms with van der Waals surface area (Å²) in [5.74, 6) is -1.47. The summed E-state index contributed by atoms with van der Waals surface area (Å²) in [4.78, 5) is 34.9. The average Bonchev–Trinajstić information content (AvgIpc) is 2.42. The number of amides is 1. The topological polar surface area (TPSA) is 89.3 Å². The molecule has 98 valence electrons. The van der Waals surface area contributed by atoms with Crippen LogP contribution < -0.4 is 11.1 Å². The number of carbonyl (C=O) groups excluding carboxylic acids is 3. The van der Waals surface area contributed by atoms with Gasteiger partial charge in [0.1, 0.15) is 10.1 Å². The molecule has 0 saturated heterocycles. The van der Waals surface area contributed by atoms with Gasteiger partial charge >= 0.3 is 0 Å². The smallest absolute Gasteiger partial charge is 0.238 e. The Labute approximate surface area is 118 Å². The molecule has 1 aromatic carbocycles. The zero-order valence-corrected chi connectivity index (χ0v) is 11.0. The highest BCUT2D eigenvalue weighted by Crippen LogP contribution is 2.31. The molecular formula is C12H8Cl2N2O3. The molecule has 0 bridgehead atoms. The molecule has 0 saturated carbocycles. The number of allylic oxidation sites excluding steroid dienone is 2. The molecule has 1 amide bonds. The first-order valence-corrected chi connectivity index (χ1v) is 6.00. The maximum absolute atomic E-state index is 11.9. The third-order valence-electron chi connectivity index (χ3n) is 2.57. The Bertz CT molecular complexity index is 638. The van der Waals surface area contributed by atoms with Crippen LogP contribution >= 0.6 is 23.2 Å². The molecule has 1 aliphatic rings. The van der Waals surface area contributed by atoms with Crippen molar-refractivity contribution in [3.05, 3.63) is 39.4 Å². The summed E-state index contributed by atoms with van der Waals surface area (Å²) in [6.45, 7) is -0.184. The Morgan fingerprint density at radius 2 is 1.68 bits per heavy atom. The zero-order chi connectivity index (χ0) is 14.2. The number of rotatable bonds is 2. The second kappa shape index (κ2) is 5.13. The van der Waals surface area contributed by atoms with E-state index in [-0.39, 0.29) is 27.7 Å².